The minimum atomic E-state index is -0.113. The number of amides is 2. The lowest BCUT2D eigenvalue weighted by Gasteiger charge is -2.35. The quantitative estimate of drug-likeness (QED) is 0.789. The second-order valence-electron chi connectivity index (χ2n) is 6.16. The smallest absolute Gasteiger partial charge is 0.239 e. The molecular formula is C15H23N5O3. The summed E-state index contributed by atoms with van der Waals surface area (Å²) in [4.78, 5) is 28.3. The third kappa shape index (κ3) is 4.08. The Morgan fingerprint density at radius 2 is 2.17 bits per heavy atom. The first-order valence-corrected chi connectivity index (χ1v) is 8.07. The van der Waals surface area contributed by atoms with Crippen molar-refractivity contribution in [2.45, 2.75) is 13.3 Å². The summed E-state index contributed by atoms with van der Waals surface area (Å²) in [6, 6.07) is 1.68. The maximum absolute atomic E-state index is 12.3. The number of carbonyl (C=O) groups is 2. The number of rotatable bonds is 4. The van der Waals surface area contributed by atoms with Crippen LogP contribution in [-0.2, 0) is 9.59 Å². The molecule has 2 saturated heterocycles. The first kappa shape index (κ1) is 15.9. The Balaban J connectivity index is 1.41. The normalized spacial score (nSPS) is 22.3. The summed E-state index contributed by atoms with van der Waals surface area (Å²) in [5.41, 5.74) is 0. The minimum Gasteiger partial charge on any atom is -0.360 e. The van der Waals surface area contributed by atoms with Crippen LogP contribution in [0.4, 0.5) is 5.82 Å². The van der Waals surface area contributed by atoms with Crippen molar-refractivity contribution < 1.29 is 14.1 Å². The Morgan fingerprint density at radius 3 is 2.78 bits per heavy atom. The summed E-state index contributed by atoms with van der Waals surface area (Å²) in [5, 5.41) is 9.69. The highest BCUT2D eigenvalue weighted by Crippen LogP contribution is 2.14. The van der Waals surface area contributed by atoms with E-state index in [1.807, 2.05) is 4.90 Å². The first-order chi connectivity index (χ1) is 11.1. The van der Waals surface area contributed by atoms with Gasteiger partial charge in [0.25, 0.3) is 0 Å². The largest absolute Gasteiger partial charge is 0.360 e. The van der Waals surface area contributed by atoms with Crippen molar-refractivity contribution >= 4 is 17.6 Å². The summed E-state index contributed by atoms with van der Waals surface area (Å²) in [7, 11) is 0. The van der Waals surface area contributed by atoms with E-state index in [4.69, 9.17) is 4.52 Å². The van der Waals surface area contributed by atoms with Crippen LogP contribution in [-0.4, -0.2) is 72.6 Å². The Hall–Kier alpha value is -1.93. The van der Waals surface area contributed by atoms with Gasteiger partial charge in [-0.3, -0.25) is 14.5 Å². The van der Waals surface area contributed by atoms with Gasteiger partial charge >= 0.3 is 0 Å². The second-order valence-corrected chi connectivity index (χ2v) is 6.16. The molecule has 3 heterocycles. The Morgan fingerprint density at radius 1 is 1.39 bits per heavy atom. The van der Waals surface area contributed by atoms with Crippen molar-refractivity contribution in [1.29, 1.82) is 0 Å². The number of aryl methyl sites for hydroxylation is 1. The predicted octanol–water partition coefficient (Wildman–Crippen LogP) is -0.325. The molecule has 0 bridgehead atoms. The molecule has 1 unspecified atom stereocenters. The first-order valence-electron chi connectivity index (χ1n) is 8.07. The number of anilines is 1. The predicted molar refractivity (Wildman–Crippen MR) is 83.9 cm³/mol. The van der Waals surface area contributed by atoms with Crippen LogP contribution in [0.5, 0.6) is 0 Å². The molecule has 8 heteroatoms. The van der Waals surface area contributed by atoms with Gasteiger partial charge < -0.3 is 20.1 Å². The average molecular weight is 321 g/mol. The van der Waals surface area contributed by atoms with E-state index in [9.17, 15) is 9.59 Å². The van der Waals surface area contributed by atoms with E-state index in [0.717, 1.165) is 32.6 Å². The summed E-state index contributed by atoms with van der Waals surface area (Å²) in [6.07, 6.45) is 0.929. The fraction of sp³-hybridized carbons (Fsp3) is 0.667. The molecule has 0 radical (unpaired) electrons. The van der Waals surface area contributed by atoms with Crippen LogP contribution in [0.1, 0.15) is 12.2 Å². The summed E-state index contributed by atoms with van der Waals surface area (Å²) in [6.45, 7) is 6.61. The molecule has 126 valence electrons. The SMILES string of the molecule is Cc1cc(NC(=O)CN2CCN(C(=O)C3CCNC3)CC2)no1. The molecule has 1 aromatic rings. The maximum atomic E-state index is 12.3. The lowest BCUT2D eigenvalue weighted by atomic mass is 10.1. The molecule has 2 N–H and O–H groups in total. The second kappa shape index (κ2) is 7.10. The molecule has 0 saturated carbocycles. The molecule has 0 aromatic carbocycles. The van der Waals surface area contributed by atoms with E-state index in [-0.39, 0.29) is 17.7 Å². The molecule has 23 heavy (non-hydrogen) atoms. The lowest BCUT2D eigenvalue weighted by Crippen LogP contribution is -2.52. The van der Waals surface area contributed by atoms with Crippen molar-refractivity contribution in [1.82, 2.24) is 20.3 Å². The summed E-state index contributed by atoms with van der Waals surface area (Å²) >= 11 is 0. The maximum Gasteiger partial charge on any atom is 0.239 e. The number of piperazine rings is 1. The highest BCUT2D eigenvalue weighted by molar-refractivity contribution is 5.91. The van der Waals surface area contributed by atoms with Crippen molar-refractivity contribution in [3.05, 3.63) is 11.8 Å². The van der Waals surface area contributed by atoms with Gasteiger partial charge in [-0.25, -0.2) is 0 Å². The van der Waals surface area contributed by atoms with Crippen LogP contribution in [0.3, 0.4) is 0 Å². The zero-order chi connectivity index (χ0) is 16.2. The van der Waals surface area contributed by atoms with Crippen molar-refractivity contribution in [2.24, 2.45) is 5.92 Å². The minimum absolute atomic E-state index is 0.113. The van der Waals surface area contributed by atoms with Gasteiger partial charge in [-0.2, -0.15) is 0 Å². The molecule has 3 rings (SSSR count). The summed E-state index contributed by atoms with van der Waals surface area (Å²) < 4.78 is 4.92. The molecule has 2 aliphatic heterocycles. The van der Waals surface area contributed by atoms with E-state index in [1.165, 1.54) is 0 Å². The van der Waals surface area contributed by atoms with Crippen LogP contribution in [0.25, 0.3) is 0 Å². The van der Waals surface area contributed by atoms with Gasteiger partial charge in [0, 0.05) is 38.8 Å². The number of nitrogens with one attached hydrogen (secondary N) is 2. The van der Waals surface area contributed by atoms with E-state index in [2.05, 4.69) is 20.7 Å². The molecule has 1 aromatic heterocycles. The lowest BCUT2D eigenvalue weighted by molar-refractivity contribution is -0.136. The summed E-state index contributed by atoms with van der Waals surface area (Å²) in [5.74, 6) is 1.36. The molecule has 1 atom stereocenters. The van der Waals surface area contributed by atoms with Gasteiger partial charge in [-0.05, 0) is 19.9 Å². The van der Waals surface area contributed by atoms with E-state index >= 15 is 0 Å². The Bertz CT molecular complexity index is 559. The van der Waals surface area contributed by atoms with Crippen LogP contribution in [0.15, 0.2) is 10.6 Å². The highest BCUT2D eigenvalue weighted by Gasteiger charge is 2.29. The zero-order valence-electron chi connectivity index (χ0n) is 13.4. The molecule has 2 fully saturated rings. The van der Waals surface area contributed by atoms with Gasteiger partial charge in [0.2, 0.25) is 11.8 Å². The van der Waals surface area contributed by atoms with Crippen LogP contribution in [0, 0.1) is 12.8 Å². The standard InChI is InChI=1S/C15H23N5O3/c1-11-8-13(18-23-11)17-14(21)10-19-4-6-20(7-5-19)15(22)12-2-3-16-9-12/h8,12,16H,2-7,9-10H2,1H3,(H,17,18,21). The van der Waals surface area contributed by atoms with Gasteiger partial charge in [0.15, 0.2) is 5.82 Å². The molecule has 0 aliphatic carbocycles. The Kier molecular flexibility index (Phi) is 4.92. The zero-order valence-corrected chi connectivity index (χ0v) is 13.4. The molecule has 2 amide bonds. The van der Waals surface area contributed by atoms with Gasteiger partial charge in [0.1, 0.15) is 5.76 Å². The van der Waals surface area contributed by atoms with E-state index in [0.29, 0.717) is 31.2 Å². The third-order valence-corrected chi connectivity index (χ3v) is 4.36. The number of hydrogen-bond acceptors (Lipinski definition) is 6. The third-order valence-electron chi connectivity index (χ3n) is 4.36. The van der Waals surface area contributed by atoms with E-state index < -0.39 is 0 Å². The monoisotopic (exact) mass is 321 g/mol. The Labute approximate surface area is 135 Å². The van der Waals surface area contributed by atoms with Crippen molar-refractivity contribution in [3.63, 3.8) is 0 Å². The molecule has 8 nitrogen and oxygen atoms in total. The number of aromatic nitrogens is 1. The fourth-order valence-electron chi connectivity index (χ4n) is 3.06. The van der Waals surface area contributed by atoms with Gasteiger partial charge in [-0.1, -0.05) is 5.16 Å². The molecular weight excluding hydrogens is 298 g/mol. The average Bonchev–Trinajstić information content (AvgIpc) is 3.19. The topological polar surface area (TPSA) is 90.7 Å². The van der Waals surface area contributed by atoms with Crippen LogP contribution >= 0.6 is 0 Å². The van der Waals surface area contributed by atoms with Crippen molar-refractivity contribution in [3.8, 4) is 0 Å². The number of hydrogen-bond donors (Lipinski definition) is 2. The van der Waals surface area contributed by atoms with Gasteiger partial charge in [-0.15, -0.1) is 0 Å². The molecule has 0 spiro atoms. The van der Waals surface area contributed by atoms with Crippen molar-refractivity contribution in [2.75, 3.05) is 51.1 Å². The van der Waals surface area contributed by atoms with Gasteiger partial charge in [0.05, 0.1) is 12.5 Å². The highest BCUT2D eigenvalue weighted by atomic mass is 16.5. The fourth-order valence-corrected chi connectivity index (χ4v) is 3.06. The number of carbonyl (C=O) groups excluding carboxylic acids is 2. The molecule has 2 aliphatic rings. The van der Waals surface area contributed by atoms with Crippen LogP contribution in [0.2, 0.25) is 0 Å². The van der Waals surface area contributed by atoms with E-state index in [1.54, 1.807) is 13.0 Å². The number of nitrogens with zero attached hydrogens (tertiary/aromatic N) is 3. The van der Waals surface area contributed by atoms with Crippen LogP contribution < -0.4 is 10.6 Å².